The molecule has 0 fully saturated rings. The summed E-state index contributed by atoms with van der Waals surface area (Å²) in [7, 11) is 0. The summed E-state index contributed by atoms with van der Waals surface area (Å²) >= 11 is 0. The van der Waals surface area contributed by atoms with Crippen LogP contribution in [0.4, 0.5) is 0 Å². The summed E-state index contributed by atoms with van der Waals surface area (Å²) in [5, 5.41) is 2.67. The average Bonchev–Trinajstić information content (AvgIpc) is 2.73. The van der Waals surface area contributed by atoms with E-state index in [0.29, 0.717) is 0 Å². The lowest BCUT2D eigenvalue weighted by molar-refractivity contribution is 0.557. The van der Waals surface area contributed by atoms with E-state index in [1.54, 1.807) is 0 Å². The van der Waals surface area contributed by atoms with Crippen LogP contribution in [-0.4, -0.2) is 0 Å². The Bertz CT molecular complexity index is 920. The molecule has 0 radical (unpaired) electrons. The van der Waals surface area contributed by atoms with Gasteiger partial charge in [-0.1, -0.05) is 77.1 Å². The standard InChI is InChI=1S/C23H24/c1-22(2,3)19-12-8-11-17-18-13-15-9-6-7-10-16(15)14-20(18)23(4,5)21(17)19/h6-14H,1-5H3. The van der Waals surface area contributed by atoms with Crippen molar-refractivity contribution in [3.8, 4) is 11.1 Å². The molecule has 0 spiro atoms. The second-order valence-electron chi connectivity index (χ2n) is 8.35. The second kappa shape index (κ2) is 4.47. The number of benzene rings is 3. The van der Waals surface area contributed by atoms with Gasteiger partial charge in [0, 0.05) is 5.41 Å². The largest absolute Gasteiger partial charge is 0.0616 e. The Hall–Kier alpha value is -2.08. The van der Waals surface area contributed by atoms with Gasteiger partial charge in [-0.3, -0.25) is 0 Å². The topological polar surface area (TPSA) is 0 Å². The van der Waals surface area contributed by atoms with Gasteiger partial charge in [0.05, 0.1) is 0 Å². The zero-order valence-electron chi connectivity index (χ0n) is 14.7. The minimum absolute atomic E-state index is 0.0541. The van der Waals surface area contributed by atoms with Crippen molar-refractivity contribution >= 4 is 10.8 Å². The van der Waals surface area contributed by atoms with Gasteiger partial charge in [-0.2, -0.15) is 0 Å². The molecule has 0 aromatic heterocycles. The second-order valence-corrected chi connectivity index (χ2v) is 8.35. The lowest BCUT2D eigenvalue weighted by Gasteiger charge is -2.30. The molecule has 3 aromatic carbocycles. The third-order valence-electron chi connectivity index (χ3n) is 5.35. The summed E-state index contributed by atoms with van der Waals surface area (Å²) < 4.78 is 0. The zero-order valence-corrected chi connectivity index (χ0v) is 14.7. The van der Waals surface area contributed by atoms with Gasteiger partial charge < -0.3 is 0 Å². The predicted octanol–water partition coefficient (Wildman–Crippen LogP) is 6.44. The minimum Gasteiger partial charge on any atom is -0.0616 e. The van der Waals surface area contributed by atoms with E-state index in [1.807, 2.05) is 0 Å². The number of hydrogen-bond acceptors (Lipinski definition) is 0. The zero-order chi connectivity index (χ0) is 16.4. The summed E-state index contributed by atoms with van der Waals surface area (Å²) in [5.74, 6) is 0. The van der Waals surface area contributed by atoms with E-state index in [4.69, 9.17) is 0 Å². The van der Waals surface area contributed by atoms with Crippen molar-refractivity contribution in [3.05, 3.63) is 71.3 Å². The van der Waals surface area contributed by atoms with Gasteiger partial charge in [-0.25, -0.2) is 0 Å². The Morgan fingerprint density at radius 1 is 0.739 bits per heavy atom. The van der Waals surface area contributed by atoms with Crippen molar-refractivity contribution in [1.29, 1.82) is 0 Å². The van der Waals surface area contributed by atoms with Gasteiger partial charge in [0.25, 0.3) is 0 Å². The quantitative estimate of drug-likeness (QED) is 0.448. The molecule has 0 bridgehead atoms. The van der Waals surface area contributed by atoms with Crippen LogP contribution in [0.15, 0.2) is 54.6 Å². The Balaban J connectivity index is 2.11. The van der Waals surface area contributed by atoms with Crippen molar-refractivity contribution in [3.63, 3.8) is 0 Å². The van der Waals surface area contributed by atoms with Gasteiger partial charge in [0.1, 0.15) is 0 Å². The van der Waals surface area contributed by atoms with Crippen LogP contribution in [0.1, 0.15) is 51.3 Å². The lowest BCUT2D eigenvalue weighted by atomic mass is 9.73. The monoisotopic (exact) mass is 300 g/mol. The number of rotatable bonds is 0. The lowest BCUT2D eigenvalue weighted by Crippen LogP contribution is -2.23. The molecule has 0 aliphatic heterocycles. The highest BCUT2D eigenvalue weighted by Gasteiger charge is 2.39. The maximum absolute atomic E-state index is 2.40. The van der Waals surface area contributed by atoms with Gasteiger partial charge in [-0.15, -0.1) is 0 Å². The third kappa shape index (κ3) is 1.97. The van der Waals surface area contributed by atoms with Gasteiger partial charge in [-0.05, 0) is 56.1 Å². The molecule has 0 heterocycles. The fraction of sp³-hybridized carbons (Fsp3) is 0.304. The molecular formula is C23H24. The van der Waals surface area contributed by atoms with Gasteiger partial charge in [0.15, 0.2) is 0 Å². The molecule has 0 amide bonds. The highest BCUT2D eigenvalue weighted by Crippen LogP contribution is 2.52. The molecule has 0 N–H and O–H groups in total. The first-order valence-corrected chi connectivity index (χ1v) is 8.48. The first kappa shape index (κ1) is 14.5. The summed E-state index contributed by atoms with van der Waals surface area (Å²) in [6, 6.07) is 20.3. The molecule has 23 heavy (non-hydrogen) atoms. The number of fused-ring (bicyclic) bond motifs is 4. The molecule has 1 aliphatic rings. The summed E-state index contributed by atoms with van der Waals surface area (Å²) in [5.41, 5.74) is 7.49. The fourth-order valence-corrected chi connectivity index (χ4v) is 4.19. The van der Waals surface area contributed by atoms with Crippen molar-refractivity contribution in [2.24, 2.45) is 0 Å². The Morgan fingerprint density at radius 3 is 2.04 bits per heavy atom. The fourth-order valence-electron chi connectivity index (χ4n) is 4.19. The van der Waals surface area contributed by atoms with Crippen molar-refractivity contribution in [1.82, 2.24) is 0 Å². The highest BCUT2D eigenvalue weighted by molar-refractivity contribution is 5.93. The van der Waals surface area contributed by atoms with E-state index in [2.05, 4.69) is 89.2 Å². The molecule has 3 aromatic rings. The van der Waals surface area contributed by atoms with E-state index in [0.717, 1.165) is 0 Å². The molecule has 0 unspecified atom stereocenters. The molecule has 0 heteroatoms. The smallest absolute Gasteiger partial charge is 0.0162 e. The van der Waals surface area contributed by atoms with Crippen molar-refractivity contribution in [2.45, 2.75) is 45.4 Å². The van der Waals surface area contributed by atoms with Crippen LogP contribution in [0.25, 0.3) is 21.9 Å². The van der Waals surface area contributed by atoms with Crippen molar-refractivity contribution < 1.29 is 0 Å². The van der Waals surface area contributed by atoms with E-state index >= 15 is 0 Å². The Morgan fingerprint density at radius 2 is 1.39 bits per heavy atom. The Kier molecular flexibility index (Phi) is 2.82. The highest BCUT2D eigenvalue weighted by atomic mass is 14.4. The Labute approximate surface area is 139 Å². The maximum atomic E-state index is 2.40. The van der Waals surface area contributed by atoms with E-state index < -0.39 is 0 Å². The molecular weight excluding hydrogens is 276 g/mol. The first-order chi connectivity index (χ1) is 10.8. The van der Waals surface area contributed by atoms with Crippen LogP contribution >= 0.6 is 0 Å². The minimum atomic E-state index is 0.0541. The van der Waals surface area contributed by atoms with Gasteiger partial charge in [0.2, 0.25) is 0 Å². The third-order valence-corrected chi connectivity index (χ3v) is 5.35. The SMILES string of the molecule is CC(C)(C)c1cccc2c1C(C)(C)c1cc3ccccc3cc1-2. The van der Waals surface area contributed by atoms with Crippen LogP contribution in [0.3, 0.4) is 0 Å². The molecule has 4 rings (SSSR count). The van der Waals surface area contributed by atoms with Crippen LogP contribution < -0.4 is 0 Å². The summed E-state index contributed by atoms with van der Waals surface area (Å²) in [6.07, 6.45) is 0. The van der Waals surface area contributed by atoms with E-state index in [9.17, 15) is 0 Å². The number of hydrogen-bond donors (Lipinski definition) is 0. The molecule has 1 aliphatic carbocycles. The maximum Gasteiger partial charge on any atom is 0.0162 e. The van der Waals surface area contributed by atoms with Crippen LogP contribution in [0, 0.1) is 0 Å². The van der Waals surface area contributed by atoms with Gasteiger partial charge >= 0.3 is 0 Å². The van der Waals surface area contributed by atoms with Crippen LogP contribution in [0.5, 0.6) is 0 Å². The van der Waals surface area contributed by atoms with E-state index in [-0.39, 0.29) is 10.8 Å². The molecule has 0 saturated carbocycles. The summed E-state index contributed by atoms with van der Waals surface area (Å²) in [6.45, 7) is 11.7. The molecule has 0 atom stereocenters. The van der Waals surface area contributed by atoms with Crippen molar-refractivity contribution in [2.75, 3.05) is 0 Å². The summed E-state index contributed by atoms with van der Waals surface area (Å²) in [4.78, 5) is 0. The molecule has 0 saturated heterocycles. The van der Waals surface area contributed by atoms with E-state index in [1.165, 1.54) is 38.6 Å². The molecule has 116 valence electrons. The van der Waals surface area contributed by atoms with Crippen LogP contribution in [0.2, 0.25) is 0 Å². The first-order valence-electron chi connectivity index (χ1n) is 8.48. The normalized spacial score (nSPS) is 15.5. The average molecular weight is 300 g/mol. The predicted molar refractivity (Wildman–Crippen MR) is 100 cm³/mol. The molecule has 0 nitrogen and oxygen atoms in total. The van der Waals surface area contributed by atoms with Crippen LogP contribution in [-0.2, 0) is 10.8 Å².